The number of halogens is 1. The van der Waals surface area contributed by atoms with E-state index >= 15 is 0 Å². The molecule has 64 valence electrons. The molecule has 0 saturated heterocycles. The molecule has 11 heavy (non-hydrogen) atoms. The van der Waals surface area contributed by atoms with Gasteiger partial charge in [-0.25, -0.2) is 0 Å². The van der Waals surface area contributed by atoms with Crippen LogP contribution in [0, 0.1) is 0 Å². The van der Waals surface area contributed by atoms with Crippen LogP contribution in [0.1, 0.15) is 20.3 Å². The SMILES string of the molecule is C=CNC(CC)N/C=C(\C)Cl. The minimum Gasteiger partial charge on any atom is -0.372 e. The molecule has 1 atom stereocenters. The number of rotatable bonds is 5. The van der Waals surface area contributed by atoms with Crippen LogP contribution in [-0.4, -0.2) is 6.17 Å². The summed E-state index contributed by atoms with van der Waals surface area (Å²) < 4.78 is 0. The summed E-state index contributed by atoms with van der Waals surface area (Å²) in [6.45, 7) is 7.47. The van der Waals surface area contributed by atoms with Crippen molar-refractivity contribution < 1.29 is 0 Å². The molecular weight excluding hydrogens is 160 g/mol. The first-order chi connectivity index (χ1) is 5.20. The second-order valence-corrected chi connectivity index (χ2v) is 2.83. The van der Waals surface area contributed by atoms with Gasteiger partial charge in [0.05, 0.1) is 6.17 Å². The van der Waals surface area contributed by atoms with Crippen LogP contribution in [0.25, 0.3) is 0 Å². The average molecular weight is 175 g/mol. The monoisotopic (exact) mass is 174 g/mol. The van der Waals surface area contributed by atoms with Crippen LogP contribution >= 0.6 is 11.6 Å². The van der Waals surface area contributed by atoms with Crippen LogP contribution < -0.4 is 10.6 Å². The van der Waals surface area contributed by atoms with E-state index in [1.807, 2.05) is 6.92 Å². The topological polar surface area (TPSA) is 24.1 Å². The van der Waals surface area contributed by atoms with E-state index in [-0.39, 0.29) is 6.17 Å². The first kappa shape index (κ1) is 10.4. The summed E-state index contributed by atoms with van der Waals surface area (Å²) in [5, 5.41) is 6.88. The molecule has 1 unspecified atom stereocenters. The van der Waals surface area contributed by atoms with E-state index in [2.05, 4.69) is 24.1 Å². The molecule has 2 nitrogen and oxygen atoms in total. The fourth-order valence-electron chi connectivity index (χ4n) is 0.641. The van der Waals surface area contributed by atoms with Gasteiger partial charge in [-0.2, -0.15) is 0 Å². The normalized spacial score (nSPS) is 13.9. The van der Waals surface area contributed by atoms with Gasteiger partial charge in [0.2, 0.25) is 0 Å². The van der Waals surface area contributed by atoms with Crippen molar-refractivity contribution in [3.8, 4) is 0 Å². The largest absolute Gasteiger partial charge is 0.372 e. The summed E-state index contributed by atoms with van der Waals surface area (Å²) in [7, 11) is 0. The Labute approximate surface area is 73.3 Å². The van der Waals surface area contributed by atoms with Gasteiger partial charge >= 0.3 is 0 Å². The van der Waals surface area contributed by atoms with Gasteiger partial charge in [0.15, 0.2) is 0 Å². The zero-order chi connectivity index (χ0) is 8.69. The summed E-state index contributed by atoms with van der Waals surface area (Å²) in [6, 6.07) is 0. The van der Waals surface area contributed by atoms with Crippen LogP contribution in [-0.2, 0) is 0 Å². The molecule has 0 rings (SSSR count). The van der Waals surface area contributed by atoms with Crippen molar-refractivity contribution in [1.82, 2.24) is 10.6 Å². The molecule has 3 heteroatoms. The standard InChI is InChI=1S/C8H15ClN2/c1-4-8(10-5-2)11-6-7(3)9/h5-6,8,10-11H,2,4H2,1,3H3/b7-6+. The molecule has 0 aliphatic heterocycles. The fourth-order valence-corrected chi connectivity index (χ4v) is 0.704. The molecule has 0 aromatic carbocycles. The molecule has 0 heterocycles. The Morgan fingerprint density at radius 2 is 2.27 bits per heavy atom. The average Bonchev–Trinajstić information content (AvgIpc) is 1.97. The maximum Gasteiger partial charge on any atom is 0.0952 e. The van der Waals surface area contributed by atoms with E-state index in [4.69, 9.17) is 11.6 Å². The lowest BCUT2D eigenvalue weighted by Gasteiger charge is -2.14. The maximum atomic E-state index is 5.62. The summed E-state index contributed by atoms with van der Waals surface area (Å²) in [4.78, 5) is 0. The zero-order valence-corrected chi connectivity index (χ0v) is 7.78. The van der Waals surface area contributed by atoms with E-state index < -0.39 is 0 Å². The predicted octanol–water partition coefficient (Wildman–Crippen LogP) is 2.15. The molecule has 0 saturated carbocycles. The Bertz CT molecular complexity index is 139. The van der Waals surface area contributed by atoms with Gasteiger partial charge in [-0.05, 0) is 19.5 Å². The minimum absolute atomic E-state index is 0.223. The Hall–Kier alpha value is -0.630. The second-order valence-electron chi connectivity index (χ2n) is 2.23. The molecule has 0 aromatic rings. The summed E-state index contributed by atoms with van der Waals surface area (Å²) in [5.41, 5.74) is 0. The number of allylic oxidation sites excluding steroid dienone is 1. The molecule has 0 amide bonds. The lowest BCUT2D eigenvalue weighted by atomic mass is 10.4. The van der Waals surface area contributed by atoms with Crippen molar-refractivity contribution in [2.24, 2.45) is 0 Å². The molecule has 0 aliphatic rings. The van der Waals surface area contributed by atoms with Gasteiger partial charge in [-0.1, -0.05) is 25.1 Å². The molecule has 0 aromatic heterocycles. The van der Waals surface area contributed by atoms with Gasteiger partial charge < -0.3 is 10.6 Å². The van der Waals surface area contributed by atoms with E-state index in [1.165, 1.54) is 0 Å². The van der Waals surface area contributed by atoms with Crippen molar-refractivity contribution in [1.29, 1.82) is 0 Å². The first-order valence-corrected chi connectivity index (χ1v) is 4.03. The minimum atomic E-state index is 0.223. The van der Waals surface area contributed by atoms with E-state index in [9.17, 15) is 0 Å². The summed E-state index contributed by atoms with van der Waals surface area (Å²) in [6.07, 6.45) is 4.64. The van der Waals surface area contributed by atoms with Crippen molar-refractivity contribution >= 4 is 11.6 Å². The van der Waals surface area contributed by atoms with Crippen molar-refractivity contribution in [2.45, 2.75) is 26.4 Å². The lowest BCUT2D eigenvalue weighted by Crippen LogP contribution is -2.35. The van der Waals surface area contributed by atoms with Crippen LogP contribution in [0.15, 0.2) is 24.0 Å². The Morgan fingerprint density at radius 3 is 2.64 bits per heavy atom. The Morgan fingerprint density at radius 1 is 1.64 bits per heavy atom. The van der Waals surface area contributed by atoms with Gasteiger partial charge in [0.1, 0.15) is 0 Å². The molecule has 0 fully saturated rings. The molecular formula is C8H15ClN2. The third-order valence-electron chi connectivity index (χ3n) is 1.21. The molecule has 0 aliphatic carbocycles. The Kier molecular flexibility index (Phi) is 5.75. The van der Waals surface area contributed by atoms with Gasteiger partial charge in [-0.3, -0.25) is 0 Å². The fraction of sp³-hybridized carbons (Fsp3) is 0.500. The van der Waals surface area contributed by atoms with Gasteiger partial charge in [0.25, 0.3) is 0 Å². The molecule has 0 radical (unpaired) electrons. The third kappa shape index (κ3) is 5.80. The van der Waals surface area contributed by atoms with Gasteiger partial charge in [-0.15, -0.1) is 0 Å². The van der Waals surface area contributed by atoms with E-state index in [0.29, 0.717) is 0 Å². The second kappa shape index (κ2) is 6.10. The summed E-state index contributed by atoms with van der Waals surface area (Å²) >= 11 is 5.62. The van der Waals surface area contributed by atoms with E-state index in [0.717, 1.165) is 11.5 Å². The highest BCUT2D eigenvalue weighted by Crippen LogP contribution is 1.95. The number of hydrogen-bond donors (Lipinski definition) is 2. The van der Waals surface area contributed by atoms with Crippen molar-refractivity contribution in [3.05, 3.63) is 24.0 Å². The van der Waals surface area contributed by atoms with Crippen LogP contribution in [0.4, 0.5) is 0 Å². The first-order valence-electron chi connectivity index (χ1n) is 3.66. The highest BCUT2D eigenvalue weighted by atomic mass is 35.5. The quantitative estimate of drug-likeness (QED) is 0.625. The van der Waals surface area contributed by atoms with Gasteiger partial charge in [0, 0.05) is 11.2 Å². The zero-order valence-electron chi connectivity index (χ0n) is 7.02. The third-order valence-corrected chi connectivity index (χ3v) is 1.32. The highest BCUT2D eigenvalue weighted by Gasteiger charge is 1.96. The summed E-state index contributed by atoms with van der Waals surface area (Å²) in [5.74, 6) is 0. The smallest absolute Gasteiger partial charge is 0.0952 e. The molecule has 0 spiro atoms. The lowest BCUT2D eigenvalue weighted by molar-refractivity contribution is 0.518. The predicted molar refractivity (Wildman–Crippen MR) is 50.2 cm³/mol. The molecule has 0 bridgehead atoms. The maximum absolute atomic E-state index is 5.62. The highest BCUT2D eigenvalue weighted by molar-refractivity contribution is 6.29. The van der Waals surface area contributed by atoms with Crippen LogP contribution in [0.2, 0.25) is 0 Å². The molecule has 2 N–H and O–H groups in total. The van der Waals surface area contributed by atoms with Crippen LogP contribution in [0.5, 0.6) is 0 Å². The Balaban J connectivity index is 3.68. The van der Waals surface area contributed by atoms with E-state index in [1.54, 1.807) is 12.4 Å². The number of nitrogens with one attached hydrogen (secondary N) is 2. The van der Waals surface area contributed by atoms with Crippen molar-refractivity contribution in [3.63, 3.8) is 0 Å². The number of hydrogen-bond acceptors (Lipinski definition) is 2. The van der Waals surface area contributed by atoms with Crippen molar-refractivity contribution in [2.75, 3.05) is 0 Å². The van der Waals surface area contributed by atoms with Crippen LogP contribution in [0.3, 0.4) is 0 Å².